The Morgan fingerprint density at radius 2 is 2.00 bits per heavy atom. The number of ketones is 1. The van der Waals surface area contributed by atoms with Crippen LogP contribution in [0.15, 0.2) is 11.6 Å². The number of hydrogen-bond donors (Lipinski definition) is 2. The highest BCUT2D eigenvalue weighted by molar-refractivity contribution is 9.09. The van der Waals surface area contributed by atoms with E-state index >= 15 is 0 Å². The Hall–Kier alpha value is -0.190. The molecular formula is C20H29BrO3. The third-order valence-corrected chi connectivity index (χ3v) is 8.87. The van der Waals surface area contributed by atoms with E-state index < -0.39 is 6.10 Å². The summed E-state index contributed by atoms with van der Waals surface area (Å²) in [5.74, 6) is 1.85. The topological polar surface area (TPSA) is 57.5 Å². The van der Waals surface area contributed by atoms with Crippen molar-refractivity contribution in [2.75, 3.05) is 5.33 Å². The van der Waals surface area contributed by atoms with Gasteiger partial charge < -0.3 is 10.2 Å². The molecule has 3 nitrogen and oxygen atoms in total. The average Bonchev–Trinajstić information content (AvgIpc) is 2.89. The summed E-state index contributed by atoms with van der Waals surface area (Å²) in [6.07, 6.45) is 8.90. The van der Waals surface area contributed by atoms with E-state index in [9.17, 15) is 15.0 Å². The monoisotopic (exact) mass is 396 g/mol. The molecule has 0 spiro atoms. The van der Waals surface area contributed by atoms with Gasteiger partial charge >= 0.3 is 0 Å². The molecule has 24 heavy (non-hydrogen) atoms. The van der Waals surface area contributed by atoms with Crippen molar-refractivity contribution < 1.29 is 15.0 Å². The summed E-state index contributed by atoms with van der Waals surface area (Å²) in [6.45, 7) is 2.29. The van der Waals surface area contributed by atoms with Crippen LogP contribution in [-0.4, -0.2) is 33.5 Å². The fourth-order valence-electron chi connectivity index (χ4n) is 7.01. The first-order valence-corrected chi connectivity index (χ1v) is 10.7. The minimum Gasteiger partial charge on any atom is -0.393 e. The lowest BCUT2D eigenvalue weighted by atomic mass is 9.45. The fraction of sp³-hybridized carbons (Fsp3) is 0.850. The molecule has 2 N–H and O–H groups in total. The zero-order valence-corrected chi connectivity index (χ0v) is 16.1. The third-order valence-electron chi connectivity index (χ3n) is 8.25. The van der Waals surface area contributed by atoms with Crippen LogP contribution < -0.4 is 0 Å². The van der Waals surface area contributed by atoms with Crippen LogP contribution in [0.3, 0.4) is 0 Å². The van der Waals surface area contributed by atoms with Crippen molar-refractivity contribution in [1.82, 2.24) is 0 Å². The Morgan fingerprint density at radius 1 is 1.21 bits per heavy atom. The van der Waals surface area contributed by atoms with Crippen LogP contribution in [0.1, 0.15) is 58.3 Å². The number of carbonyl (C=O) groups excluding carboxylic acids is 1. The molecule has 0 heterocycles. The molecule has 0 aromatic heterocycles. The Morgan fingerprint density at radius 3 is 2.75 bits per heavy atom. The van der Waals surface area contributed by atoms with Gasteiger partial charge in [0.15, 0.2) is 5.78 Å². The molecule has 3 saturated carbocycles. The summed E-state index contributed by atoms with van der Waals surface area (Å²) in [6, 6.07) is 0. The summed E-state index contributed by atoms with van der Waals surface area (Å²) < 4.78 is 0. The number of hydrogen-bond acceptors (Lipinski definition) is 3. The molecule has 0 aromatic carbocycles. The van der Waals surface area contributed by atoms with E-state index in [1.165, 1.54) is 5.57 Å². The number of rotatable bonds is 2. The van der Waals surface area contributed by atoms with E-state index in [0.29, 0.717) is 29.5 Å². The first kappa shape index (κ1) is 17.2. The quantitative estimate of drug-likeness (QED) is 0.700. The lowest BCUT2D eigenvalue weighted by Gasteiger charge is -2.60. The van der Waals surface area contributed by atoms with E-state index in [-0.39, 0.29) is 22.7 Å². The van der Waals surface area contributed by atoms with E-state index in [0.717, 1.165) is 44.9 Å². The summed E-state index contributed by atoms with van der Waals surface area (Å²) in [7, 11) is 0. The minimum atomic E-state index is -0.416. The van der Waals surface area contributed by atoms with Crippen molar-refractivity contribution in [2.24, 2.45) is 28.6 Å². The second-order valence-corrected chi connectivity index (χ2v) is 9.55. The minimum absolute atomic E-state index is 0.0629. The first-order valence-electron chi connectivity index (χ1n) is 9.59. The van der Waals surface area contributed by atoms with Gasteiger partial charge in [-0.05, 0) is 74.2 Å². The van der Waals surface area contributed by atoms with Gasteiger partial charge in [-0.15, -0.1) is 0 Å². The lowest BCUT2D eigenvalue weighted by molar-refractivity contribution is -0.125. The second-order valence-electron chi connectivity index (χ2n) is 8.90. The average molecular weight is 397 g/mol. The third kappa shape index (κ3) is 2.18. The normalized spacial score (nSPS) is 49.0. The number of halogens is 1. The van der Waals surface area contributed by atoms with Crippen molar-refractivity contribution in [3.8, 4) is 0 Å². The molecule has 0 saturated heterocycles. The van der Waals surface area contributed by atoms with Gasteiger partial charge in [0, 0.05) is 17.2 Å². The highest BCUT2D eigenvalue weighted by Gasteiger charge is 2.61. The number of fused-ring (bicyclic) bond motifs is 5. The van der Waals surface area contributed by atoms with E-state index in [1.807, 2.05) is 6.08 Å². The second kappa shape index (κ2) is 5.92. The predicted molar refractivity (Wildman–Crippen MR) is 96.8 cm³/mol. The van der Waals surface area contributed by atoms with Gasteiger partial charge in [0.2, 0.25) is 0 Å². The zero-order valence-electron chi connectivity index (χ0n) is 14.5. The number of carbonyl (C=O) groups is 1. The lowest BCUT2D eigenvalue weighted by Crippen LogP contribution is -2.56. The SMILES string of the molecule is C[C@]12CC[C@H]3[C@@H](CCC4=CC(=O)CCC43C(O)CBr)[C@@H]1CC[C@@H]2O. The Balaban J connectivity index is 1.75. The Bertz CT molecular complexity index is 573. The van der Waals surface area contributed by atoms with Crippen LogP contribution in [0.4, 0.5) is 0 Å². The van der Waals surface area contributed by atoms with Crippen molar-refractivity contribution in [2.45, 2.75) is 70.5 Å². The molecule has 4 aliphatic carbocycles. The zero-order chi connectivity index (χ0) is 17.1. The fourth-order valence-corrected chi connectivity index (χ4v) is 7.59. The summed E-state index contributed by atoms with van der Waals surface area (Å²) in [5.41, 5.74) is 1.07. The van der Waals surface area contributed by atoms with Gasteiger partial charge in [-0.3, -0.25) is 4.79 Å². The van der Waals surface area contributed by atoms with Crippen molar-refractivity contribution >= 4 is 21.7 Å². The van der Waals surface area contributed by atoms with Crippen molar-refractivity contribution in [3.63, 3.8) is 0 Å². The molecule has 0 bridgehead atoms. The van der Waals surface area contributed by atoms with Crippen LogP contribution in [0.25, 0.3) is 0 Å². The van der Waals surface area contributed by atoms with Gasteiger partial charge in [-0.25, -0.2) is 0 Å². The molecular weight excluding hydrogens is 368 g/mol. The summed E-state index contributed by atoms with van der Waals surface area (Å²) in [4.78, 5) is 12.0. The largest absolute Gasteiger partial charge is 0.393 e. The maximum atomic E-state index is 12.0. The van der Waals surface area contributed by atoms with Gasteiger partial charge in [-0.2, -0.15) is 0 Å². The van der Waals surface area contributed by atoms with Gasteiger partial charge in [0.05, 0.1) is 12.2 Å². The predicted octanol–water partition coefficient (Wildman–Crippen LogP) is 3.62. The molecule has 3 fully saturated rings. The van der Waals surface area contributed by atoms with E-state index in [1.54, 1.807) is 0 Å². The molecule has 0 amide bonds. The van der Waals surface area contributed by atoms with Gasteiger partial charge in [0.25, 0.3) is 0 Å². The van der Waals surface area contributed by atoms with E-state index in [2.05, 4.69) is 22.9 Å². The molecule has 4 heteroatoms. The van der Waals surface area contributed by atoms with Crippen LogP contribution in [0, 0.1) is 28.6 Å². The molecule has 0 radical (unpaired) electrons. The molecule has 134 valence electrons. The number of alkyl halides is 1. The van der Waals surface area contributed by atoms with E-state index in [4.69, 9.17) is 0 Å². The maximum Gasteiger partial charge on any atom is 0.155 e. The summed E-state index contributed by atoms with van der Waals surface area (Å²) in [5, 5.41) is 22.1. The van der Waals surface area contributed by atoms with Crippen molar-refractivity contribution in [1.29, 1.82) is 0 Å². The summed E-state index contributed by atoms with van der Waals surface area (Å²) >= 11 is 3.51. The molecule has 7 atom stereocenters. The van der Waals surface area contributed by atoms with Crippen LogP contribution in [0.2, 0.25) is 0 Å². The molecule has 4 aliphatic rings. The first-order chi connectivity index (χ1) is 11.4. The number of aliphatic hydroxyl groups is 2. The highest BCUT2D eigenvalue weighted by atomic mass is 79.9. The van der Waals surface area contributed by atoms with Gasteiger partial charge in [-0.1, -0.05) is 28.4 Å². The Kier molecular flexibility index (Phi) is 4.25. The standard InChI is InChI=1S/C20H29BrO3/c1-19-8-7-16-14(15(19)4-5-17(19)23)3-2-12-10-13(22)6-9-20(12,16)18(24)11-21/h10,14-18,23-24H,2-9,11H2,1H3/t14-,15-,16-,17-,18?,19-,20?/m0/s1. The number of aliphatic hydroxyl groups excluding tert-OH is 2. The smallest absolute Gasteiger partial charge is 0.155 e. The maximum absolute atomic E-state index is 12.0. The molecule has 2 unspecified atom stereocenters. The molecule has 4 rings (SSSR count). The van der Waals surface area contributed by atoms with Crippen LogP contribution in [0.5, 0.6) is 0 Å². The molecule has 0 aromatic rings. The van der Waals surface area contributed by atoms with Crippen molar-refractivity contribution in [3.05, 3.63) is 11.6 Å². The molecule has 0 aliphatic heterocycles. The van der Waals surface area contributed by atoms with Crippen LogP contribution in [-0.2, 0) is 4.79 Å². The Labute approximate surface area is 153 Å². The highest BCUT2D eigenvalue weighted by Crippen LogP contribution is 2.66. The van der Waals surface area contributed by atoms with Gasteiger partial charge in [0.1, 0.15) is 0 Å². The van der Waals surface area contributed by atoms with Crippen LogP contribution >= 0.6 is 15.9 Å².